The van der Waals surface area contributed by atoms with Gasteiger partial charge in [-0.15, -0.1) is 0 Å². The van der Waals surface area contributed by atoms with Gasteiger partial charge >= 0.3 is 0 Å². The Balaban J connectivity index is 2.04. The standard InChI is InChI=1S/C19H24N4O/c1-16(2)10-13-23(14-12-22-24)19-7-4-17(5-8-19)3-6-18-9-11-20-15-21-18/h3-9,11,15-16H,10,12-14H2,1-2H3/b6-3+. The first-order chi connectivity index (χ1) is 11.7. The molecule has 0 aliphatic rings. The summed E-state index contributed by atoms with van der Waals surface area (Å²) in [5.41, 5.74) is 3.11. The highest BCUT2D eigenvalue weighted by Gasteiger charge is 2.07. The van der Waals surface area contributed by atoms with Gasteiger partial charge in [0.05, 0.1) is 12.2 Å². The van der Waals surface area contributed by atoms with E-state index in [-0.39, 0.29) is 0 Å². The van der Waals surface area contributed by atoms with Crippen LogP contribution in [0, 0.1) is 10.8 Å². The maximum Gasteiger partial charge on any atom is 0.115 e. The molecule has 0 aliphatic heterocycles. The summed E-state index contributed by atoms with van der Waals surface area (Å²) < 4.78 is 0. The predicted octanol–water partition coefficient (Wildman–Crippen LogP) is 4.27. The zero-order valence-corrected chi connectivity index (χ0v) is 14.3. The number of hydrogen-bond acceptors (Lipinski definition) is 5. The number of rotatable bonds is 9. The SMILES string of the molecule is CC(C)CCN(CCN=O)c1ccc(/C=C/c2ccncn2)cc1. The molecular formula is C19H24N4O. The minimum Gasteiger partial charge on any atom is -0.370 e. The molecular weight excluding hydrogens is 300 g/mol. The van der Waals surface area contributed by atoms with Gasteiger partial charge in [-0.3, -0.25) is 0 Å². The molecule has 0 saturated heterocycles. The first-order valence-electron chi connectivity index (χ1n) is 8.27. The summed E-state index contributed by atoms with van der Waals surface area (Å²) in [5.74, 6) is 0.631. The summed E-state index contributed by atoms with van der Waals surface area (Å²) in [5, 5.41) is 2.99. The van der Waals surface area contributed by atoms with E-state index >= 15 is 0 Å². The molecule has 0 N–H and O–H groups in total. The Morgan fingerprint density at radius 1 is 1.12 bits per heavy atom. The fraction of sp³-hybridized carbons (Fsp3) is 0.368. The molecule has 0 bridgehead atoms. The number of anilines is 1. The summed E-state index contributed by atoms with van der Waals surface area (Å²) in [4.78, 5) is 20.8. The van der Waals surface area contributed by atoms with E-state index < -0.39 is 0 Å². The molecule has 0 amide bonds. The third-order valence-corrected chi connectivity index (χ3v) is 3.75. The lowest BCUT2D eigenvalue weighted by molar-refractivity contribution is 0.573. The third-order valence-electron chi connectivity index (χ3n) is 3.75. The quantitative estimate of drug-likeness (QED) is 0.646. The molecule has 1 aromatic carbocycles. The van der Waals surface area contributed by atoms with E-state index in [0.717, 1.165) is 29.9 Å². The van der Waals surface area contributed by atoms with Gasteiger partial charge < -0.3 is 4.90 Å². The molecule has 0 unspecified atom stereocenters. The molecule has 0 fully saturated rings. The van der Waals surface area contributed by atoms with Gasteiger partial charge in [-0.2, -0.15) is 4.91 Å². The van der Waals surface area contributed by atoms with Crippen molar-refractivity contribution in [3.63, 3.8) is 0 Å². The van der Waals surface area contributed by atoms with Gasteiger partial charge in [0.25, 0.3) is 0 Å². The van der Waals surface area contributed by atoms with Crippen LogP contribution in [-0.2, 0) is 0 Å². The highest BCUT2D eigenvalue weighted by Crippen LogP contribution is 2.18. The Hall–Kier alpha value is -2.56. The average molecular weight is 324 g/mol. The van der Waals surface area contributed by atoms with Crippen LogP contribution in [0.25, 0.3) is 12.2 Å². The van der Waals surface area contributed by atoms with Crippen LogP contribution < -0.4 is 4.90 Å². The smallest absolute Gasteiger partial charge is 0.115 e. The van der Waals surface area contributed by atoms with Crippen molar-refractivity contribution in [3.8, 4) is 0 Å². The van der Waals surface area contributed by atoms with Crippen LogP contribution in [0.15, 0.2) is 48.0 Å². The fourth-order valence-electron chi connectivity index (χ4n) is 2.32. The minimum absolute atomic E-state index is 0.313. The summed E-state index contributed by atoms with van der Waals surface area (Å²) in [6.07, 6.45) is 8.34. The predicted molar refractivity (Wildman–Crippen MR) is 99.7 cm³/mol. The van der Waals surface area contributed by atoms with Crippen molar-refractivity contribution < 1.29 is 0 Å². The molecule has 5 heteroatoms. The molecule has 0 spiro atoms. The van der Waals surface area contributed by atoms with E-state index in [1.165, 1.54) is 6.33 Å². The fourth-order valence-corrected chi connectivity index (χ4v) is 2.32. The highest BCUT2D eigenvalue weighted by molar-refractivity contribution is 5.68. The Morgan fingerprint density at radius 3 is 2.54 bits per heavy atom. The van der Waals surface area contributed by atoms with Gasteiger partial charge in [-0.05, 0) is 42.2 Å². The van der Waals surface area contributed by atoms with Gasteiger partial charge in [0.2, 0.25) is 0 Å². The number of hydrogen-bond donors (Lipinski definition) is 0. The molecule has 0 atom stereocenters. The molecule has 1 heterocycles. The maximum absolute atomic E-state index is 10.5. The molecule has 24 heavy (non-hydrogen) atoms. The van der Waals surface area contributed by atoms with Crippen molar-refractivity contribution in [2.24, 2.45) is 11.1 Å². The van der Waals surface area contributed by atoms with Gasteiger partial charge in [-0.25, -0.2) is 9.97 Å². The number of nitroso groups, excluding NO2 is 1. The Kier molecular flexibility index (Phi) is 7.08. The molecule has 0 aliphatic carbocycles. The van der Waals surface area contributed by atoms with Crippen molar-refractivity contribution in [2.45, 2.75) is 20.3 Å². The number of aromatic nitrogens is 2. The molecule has 5 nitrogen and oxygen atoms in total. The van der Waals surface area contributed by atoms with E-state index in [1.807, 2.05) is 18.2 Å². The lowest BCUT2D eigenvalue weighted by atomic mass is 10.1. The van der Waals surface area contributed by atoms with Crippen molar-refractivity contribution in [3.05, 3.63) is 59.0 Å². The van der Waals surface area contributed by atoms with Crippen LogP contribution in [-0.4, -0.2) is 29.6 Å². The monoisotopic (exact) mass is 324 g/mol. The van der Waals surface area contributed by atoms with E-state index in [9.17, 15) is 4.91 Å². The Morgan fingerprint density at radius 2 is 1.92 bits per heavy atom. The topological polar surface area (TPSA) is 58.5 Å². The second-order valence-corrected chi connectivity index (χ2v) is 6.08. The van der Waals surface area contributed by atoms with Crippen LogP contribution in [0.2, 0.25) is 0 Å². The second kappa shape index (κ2) is 9.55. The van der Waals surface area contributed by atoms with E-state index in [4.69, 9.17) is 0 Å². The summed E-state index contributed by atoms with van der Waals surface area (Å²) in [6.45, 7) is 6.32. The molecule has 0 radical (unpaired) electrons. The van der Waals surface area contributed by atoms with Crippen molar-refractivity contribution in [1.82, 2.24) is 9.97 Å². The van der Waals surface area contributed by atoms with Gasteiger partial charge in [-0.1, -0.05) is 37.2 Å². The zero-order chi connectivity index (χ0) is 17.2. The second-order valence-electron chi connectivity index (χ2n) is 6.08. The Bertz CT molecular complexity index is 638. The largest absolute Gasteiger partial charge is 0.370 e. The normalized spacial score (nSPS) is 11.1. The van der Waals surface area contributed by atoms with Crippen LogP contribution >= 0.6 is 0 Å². The highest BCUT2D eigenvalue weighted by atomic mass is 16.3. The lowest BCUT2D eigenvalue weighted by Gasteiger charge is -2.24. The lowest BCUT2D eigenvalue weighted by Crippen LogP contribution is -2.28. The number of benzene rings is 1. The van der Waals surface area contributed by atoms with Crippen LogP contribution in [0.5, 0.6) is 0 Å². The van der Waals surface area contributed by atoms with Gasteiger partial charge in [0.15, 0.2) is 0 Å². The molecule has 1 aromatic heterocycles. The summed E-state index contributed by atoms with van der Waals surface area (Å²) in [7, 11) is 0. The molecule has 2 aromatic rings. The van der Waals surface area contributed by atoms with Crippen LogP contribution in [0.1, 0.15) is 31.5 Å². The van der Waals surface area contributed by atoms with E-state index in [0.29, 0.717) is 19.0 Å². The minimum atomic E-state index is 0.313. The van der Waals surface area contributed by atoms with Crippen molar-refractivity contribution >= 4 is 17.8 Å². The van der Waals surface area contributed by atoms with Gasteiger partial charge in [0.1, 0.15) is 6.33 Å². The first-order valence-corrected chi connectivity index (χ1v) is 8.27. The summed E-state index contributed by atoms with van der Waals surface area (Å²) >= 11 is 0. The average Bonchev–Trinajstić information content (AvgIpc) is 2.61. The number of nitrogens with zero attached hydrogens (tertiary/aromatic N) is 4. The third kappa shape index (κ3) is 5.91. The van der Waals surface area contributed by atoms with Crippen LogP contribution in [0.4, 0.5) is 5.69 Å². The van der Waals surface area contributed by atoms with Gasteiger partial charge in [0, 0.05) is 25.0 Å². The summed E-state index contributed by atoms with van der Waals surface area (Å²) in [6, 6.07) is 10.2. The molecule has 2 rings (SSSR count). The van der Waals surface area contributed by atoms with E-state index in [1.54, 1.807) is 6.20 Å². The Labute approximate surface area is 143 Å². The zero-order valence-electron chi connectivity index (χ0n) is 14.3. The van der Waals surface area contributed by atoms with Crippen molar-refractivity contribution in [2.75, 3.05) is 24.5 Å². The molecule has 126 valence electrons. The maximum atomic E-state index is 10.5. The first kappa shape index (κ1) is 17.8. The van der Waals surface area contributed by atoms with Crippen LogP contribution in [0.3, 0.4) is 0 Å². The molecule has 0 saturated carbocycles. The van der Waals surface area contributed by atoms with Crippen molar-refractivity contribution in [1.29, 1.82) is 0 Å². The van der Waals surface area contributed by atoms with E-state index in [2.05, 4.69) is 58.2 Å².